The van der Waals surface area contributed by atoms with Gasteiger partial charge in [0.1, 0.15) is 5.75 Å². The number of phenolic OH excluding ortho intramolecular Hbond substituents is 1. The van der Waals surface area contributed by atoms with Gasteiger partial charge in [-0.1, -0.05) is 32.9 Å². The van der Waals surface area contributed by atoms with Crippen LogP contribution in [0.15, 0.2) is 24.3 Å². The third kappa shape index (κ3) is 1.17. The van der Waals surface area contributed by atoms with E-state index in [1.54, 1.807) is 12.1 Å². The van der Waals surface area contributed by atoms with Gasteiger partial charge < -0.3 is 10.2 Å². The summed E-state index contributed by atoms with van der Waals surface area (Å²) in [7, 11) is 0. The van der Waals surface area contributed by atoms with Gasteiger partial charge in [0, 0.05) is 5.41 Å². The quantitative estimate of drug-likeness (QED) is 0.797. The molecule has 2 N–H and O–H groups in total. The normalized spacial score (nSPS) is 41.2. The summed E-state index contributed by atoms with van der Waals surface area (Å²) in [6.07, 6.45) is 3.16. The molecule has 2 nitrogen and oxygen atoms in total. The second-order valence-corrected chi connectivity index (χ2v) is 6.90. The maximum atomic E-state index is 11.3. The highest BCUT2D eigenvalue weighted by Crippen LogP contribution is 2.72. The molecule has 2 aliphatic carbocycles. The molecule has 1 aromatic rings. The van der Waals surface area contributed by atoms with Gasteiger partial charge in [0.25, 0.3) is 0 Å². The predicted molar refractivity (Wildman–Crippen MR) is 71.2 cm³/mol. The molecule has 0 radical (unpaired) electrons. The molecule has 2 heteroatoms. The number of hydrogen-bond donors (Lipinski definition) is 2. The molecule has 0 aromatic heterocycles. The summed E-state index contributed by atoms with van der Waals surface area (Å²) in [4.78, 5) is 0. The van der Waals surface area contributed by atoms with Crippen molar-refractivity contribution in [1.82, 2.24) is 0 Å². The van der Waals surface area contributed by atoms with Crippen LogP contribution in [0.1, 0.15) is 45.6 Å². The van der Waals surface area contributed by atoms with E-state index < -0.39 is 5.60 Å². The summed E-state index contributed by atoms with van der Waals surface area (Å²) in [5, 5.41) is 20.7. The average Bonchev–Trinajstić information content (AvgIpc) is 2.62. The minimum Gasteiger partial charge on any atom is -0.508 e. The first kappa shape index (κ1) is 12.0. The lowest BCUT2D eigenvalue weighted by molar-refractivity contribution is -0.0957. The number of aromatic hydroxyl groups is 1. The molecule has 1 aromatic carbocycles. The Morgan fingerprint density at radius 2 is 1.72 bits per heavy atom. The lowest BCUT2D eigenvalue weighted by atomic mass is 9.62. The first-order chi connectivity index (χ1) is 8.31. The Kier molecular flexibility index (Phi) is 2.20. The Balaban J connectivity index is 2.10. The van der Waals surface area contributed by atoms with Crippen LogP contribution in [0, 0.1) is 16.7 Å². The Morgan fingerprint density at radius 1 is 1.11 bits per heavy atom. The van der Waals surface area contributed by atoms with Crippen LogP contribution in [0.3, 0.4) is 0 Å². The molecular formula is C16H22O2. The third-order valence-electron chi connectivity index (χ3n) is 6.24. The van der Waals surface area contributed by atoms with Crippen molar-refractivity contribution >= 4 is 0 Å². The van der Waals surface area contributed by atoms with Gasteiger partial charge in [0.15, 0.2) is 0 Å². The number of hydrogen-bond acceptors (Lipinski definition) is 2. The van der Waals surface area contributed by atoms with Crippen molar-refractivity contribution in [2.45, 2.75) is 45.6 Å². The molecule has 2 aliphatic rings. The Labute approximate surface area is 109 Å². The standard InChI is InChI=1S/C16H22O2/c1-14(2)12-8-9-15(14,3)16(18,10-12)11-4-6-13(17)7-5-11/h4-7,12,17-18H,8-10H2,1-3H3/t12?,15-,16?/m0/s1. The largest absolute Gasteiger partial charge is 0.508 e. The van der Waals surface area contributed by atoms with Crippen LogP contribution in [0.25, 0.3) is 0 Å². The summed E-state index contributed by atoms with van der Waals surface area (Å²) in [6.45, 7) is 6.82. The molecule has 0 aliphatic heterocycles. The van der Waals surface area contributed by atoms with E-state index in [1.807, 2.05) is 12.1 Å². The highest BCUT2D eigenvalue weighted by Gasteiger charge is 2.68. The molecular weight excluding hydrogens is 224 g/mol. The molecule has 0 heterocycles. The van der Waals surface area contributed by atoms with Gasteiger partial charge >= 0.3 is 0 Å². The highest BCUT2D eigenvalue weighted by molar-refractivity contribution is 5.35. The fourth-order valence-corrected chi connectivity index (χ4v) is 4.45. The van der Waals surface area contributed by atoms with Crippen LogP contribution in [-0.2, 0) is 5.60 Å². The zero-order chi connectivity index (χ0) is 13.2. The van der Waals surface area contributed by atoms with Crippen LogP contribution < -0.4 is 0 Å². The lowest BCUT2D eigenvalue weighted by Gasteiger charge is -2.45. The summed E-state index contributed by atoms with van der Waals surface area (Å²) in [5.41, 5.74) is 0.326. The maximum absolute atomic E-state index is 11.3. The predicted octanol–water partition coefficient (Wildman–Crippen LogP) is 3.43. The molecule has 18 heavy (non-hydrogen) atoms. The van der Waals surface area contributed by atoms with Crippen LogP contribution in [-0.4, -0.2) is 10.2 Å². The summed E-state index contributed by atoms with van der Waals surface area (Å²) < 4.78 is 0. The first-order valence-electron chi connectivity index (χ1n) is 6.83. The molecule has 0 saturated heterocycles. The number of rotatable bonds is 1. The van der Waals surface area contributed by atoms with Gasteiger partial charge in [0.05, 0.1) is 5.60 Å². The van der Waals surface area contributed by atoms with Crippen LogP contribution in [0.5, 0.6) is 5.75 Å². The maximum Gasteiger partial charge on any atom is 0.115 e. The fraction of sp³-hybridized carbons (Fsp3) is 0.625. The molecule has 2 fully saturated rings. The van der Waals surface area contributed by atoms with Crippen molar-refractivity contribution in [3.8, 4) is 5.75 Å². The van der Waals surface area contributed by atoms with Crippen molar-refractivity contribution < 1.29 is 10.2 Å². The minimum absolute atomic E-state index is 0.0678. The zero-order valence-electron chi connectivity index (χ0n) is 11.4. The van der Waals surface area contributed by atoms with E-state index in [0.29, 0.717) is 5.92 Å². The minimum atomic E-state index is -0.743. The molecule has 2 saturated carbocycles. The molecule has 2 unspecified atom stereocenters. The molecule has 3 rings (SSSR count). The van der Waals surface area contributed by atoms with Crippen molar-refractivity contribution in [2.75, 3.05) is 0 Å². The van der Waals surface area contributed by atoms with Crippen molar-refractivity contribution in [3.63, 3.8) is 0 Å². The second kappa shape index (κ2) is 3.30. The number of fused-ring (bicyclic) bond motifs is 2. The molecule has 0 amide bonds. The smallest absolute Gasteiger partial charge is 0.115 e. The van der Waals surface area contributed by atoms with Gasteiger partial charge in [0.2, 0.25) is 0 Å². The Bertz CT molecular complexity index is 476. The highest BCUT2D eigenvalue weighted by atomic mass is 16.3. The van der Waals surface area contributed by atoms with E-state index in [9.17, 15) is 10.2 Å². The zero-order valence-corrected chi connectivity index (χ0v) is 11.4. The van der Waals surface area contributed by atoms with E-state index in [1.165, 1.54) is 6.42 Å². The SMILES string of the molecule is CC1(C)C2CC[C@]1(C)C(O)(c1ccc(O)cc1)C2. The molecule has 3 atom stereocenters. The molecule has 2 bridgehead atoms. The van der Waals surface area contributed by atoms with Crippen molar-refractivity contribution in [3.05, 3.63) is 29.8 Å². The van der Waals surface area contributed by atoms with Crippen LogP contribution in [0.4, 0.5) is 0 Å². The Hall–Kier alpha value is -1.02. The fourth-order valence-electron chi connectivity index (χ4n) is 4.45. The van der Waals surface area contributed by atoms with Crippen molar-refractivity contribution in [2.24, 2.45) is 16.7 Å². The van der Waals surface area contributed by atoms with E-state index in [2.05, 4.69) is 20.8 Å². The second-order valence-electron chi connectivity index (χ2n) is 6.90. The van der Waals surface area contributed by atoms with E-state index in [0.717, 1.165) is 18.4 Å². The topological polar surface area (TPSA) is 40.5 Å². The summed E-state index contributed by atoms with van der Waals surface area (Å²) >= 11 is 0. The number of aliphatic hydroxyl groups is 1. The molecule has 0 spiro atoms. The van der Waals surface area contributed by atoms with E-state index in [4.69, 9.17) is 0 Å². The summed E-state index contributed by atoms with van der Waals surface area (Å²) in [5.74, 6) is 0.858. The number of phenols is 1. The van der Waals surface area contributed by atoms with Gasteiger partial charge in [-0.25, -0.2) is 0 Å². The van der Waals surface area contributed by atoms with Crippen molar-refractivity contribution in [1.29, 1.82) is 0 Å². The van der Waals surface area contributed by atoms with Gasteiger partial charge in [-0.3, -0.25) is 0 Å². The van der Waals surface area contributed by atoms with Gasteiger partial charge in [-0.2, -0.15) is 0 Å². The van der Waals surface area contributed by atoms with Gasteiger partial charge in [-0.15, -0.1) is 0 Å². The summed E-state index contributed by atoms with van der Waals surface area (Å²) in [6, 6.07) is 7.10. The van der Waals surface area contributed by atoms with Crippen LogP contribution >= 0.6 is 0 Å². The third-order valence-corrected chi connectivity index (χ3v) is 6.24. The number of benzene rings is 1. The monoisotopic (exact) mass is 246 g/mol. The lowest BCUT2D eigenvalue weighted by Crippen LogP contribution is -2.44. The van der Waals surface area contributed by atoms with Gasteiger partial charge in [-0.05, 0) is 48.3 Å². The average molecular weight is 246 g/mol. The first-order valence-corrected chi connectivity index (χ1v) is 6.83. The van der Waals surface area contributed by atoms with Crippen LogP contribution in [0.2, 0.25) is 0 Å². The van der Waals surface area contributed by atoms with E-state index >= 15 is 0 Å². The Morgan fingerprint density at radius 3 is 2.17 bits per heavy atom. The molecule has 98 valence electrons. The van der Waals surface area contributed by atoms with E-state index in [-0.39, 0.29) is 16.6 Å².